The second-order valence-corrected chi connectivity index (χ2v) is 5.19. The number of nitriles is 1. The van der Waals surface area contributed by atoms with Crippen LogP contribution in [0.15, 0.2) is 54.6 Å². The zero-order valence-electron chi connectivity index (χ0n) is 13.2. The first-order valence-corrected chi connectivity index (χ1v) is 7.49. The molecular formula is C19H17N3O. The summed E-state index contributed by atoms with van der Waals surface area (Å²) in [6, 6.07) is 19.9. The number of benzene rings is 2. The van der Waals surface area contributed by atoms with Crippen LogP contribution in [0.2, 0.25) is 0 Å². The van der Waals surface area contributed by atoms with Crippen molar-refractivity contribution in [1.29, 1.82) is 5.26 Å². The van der Waals surface area contributed by atoms with E-state index >= 15 is 0 Å². The molecule has 0 saturated carbocycles. The Labute approximate surface area is 135 Å². The van der Waals surface area contributed by atoms with Crippen LogP contribution in [0.25, 0.3) is 16.9 Å². The van der Waals surface area contributed by atoms with Gasteiger partial charge >= 0.3 is 0 Å². The third-order valence-corrected chi connectivity index (χ3v) is 3.78. The zero-order valence-corrected chi connectivity index (χ0v) is 13.2. The minimum atomic E-state index is 0.391. The van der Waals surface area contributed by atoms with Crippen molar-refractivity contribution < 1.29 is 4.74 Å². The number of aryl methyl sites for hydroxylation is 1. The summed E-state index contributed by atoms with van der Waals surface area (Å²) in [5.41, 5.74) is 4.45. The van der Waals surface area contributed by atoms with E-state index in [0.29, 0.717) is 5.69 Å². The van der Waals surface area contributed by atoms with Crippen molar-refractivity contribution in [3.05, 3.63) is 65.9 Å². The number of hydrogen-bond acceptors (Lipinski definition) is 3. The minimum absolute atomic E-state index is 0.391. The Morgan fingerprint density at radius 2 is 1.91 bits per heavy atom. The van der Waals surface area contributed by atoms with E-state index in [2.05, 4.69) is 42.4 Å². The fourth-order valence-corrected chi connectivity index (χ4v) is 2.49. The molecule has 0 aliphatic carbocycles. The lowest BCUT2D eigenvalue weighted by molar-refractivity contribution is 0.414. The molecule has 0 aliphatic heterocycles. The van der Waals surface area contributed by atoms with E-state index in [4.69, 9.17) is 4.74 Å². The fraction of sp³-hybridized carbons (Fsp3) is 0.158. The van der Waals surface area contributed by atoms with Gasteiger partial charge in [-0.05, 0) is 24.1 Å². The molecule has 0 bridgehead atoms. The number of methoxy groups -OCH3 is 1. The van der Waals surface area contributed by atoms with Crippen molar-refractivity contribution >= 4 is 0 Å². The molecule has 114 valence electrons. The third-order valence-electron chi connectivity index (χ3n) is 3.78. The maximum Gasteiger partial charge on any atom is 0.163 e. The van der Waals surface area contributed by atoms with Gasteiger partial charge in [0.05, 0.1) is 18.5 Å². The Morgan fingerprint density at radius 1 is 1.13 bits per heavy atom. The molecule has 1 aromatic heterocycles. The molecule has 4 nitrogen and oxygen atoms in total. The molecule has 0 unspecified atom stereocenters. The summed E-state index contributed by atoms with van der Waals surface area (Å²) >= 11 is 0. The van der Waals surface area contributed by atoms with Crippen LogP contribution in [0.4, 0.5) is 0 Å². The molecule has 0 N–H and O–H groups in total. The molecule has 4 heteroatoms. The van der Waals surface area contributed by atoms with Crippen molar-refractivity contribution in [3.63, 3.8) is 0 Å². The minimum Gasteiger partial charge on any atom is -0.497 e. The largest absolute Gasteiger partial charge is 0.497 e. The summed E-state index contributed by atoms with van der Waals surface area (Å²) in [4.78, 5) is 0. The number of nitrogens with zero attached hydrogens (tertiary/aromatic N) is 3. The van der Waals surface area contributed by atoms with E-state index in [0.717, 1.165) is 29.1 Å². The van der Waals surface area contributed by atoms with Crippen LogP contribution in [0.3, 0.4) is 0 Å². The van der Waals surface area contributed by atoms with Crippen molar-refractivity contribution in [2.75, 3.05) is 7.11 Å². The Hall–Kier alpha value is -3.06. The van der Waals surface area contributed by atoms with Gasteiger partial charge < -0.3 is 4.74 Å². The first kappa shape index (κ1) is 14.9. The zero-order chi connectivity index (χ0) is 16.2. The molecule has 0 amide bonds. The van der Waals surface area contributed by atoms with E-state index in [1.54, 1.807) is 17.9 Å². The molecule has 0 saturated heterocycles. The molecule has 0 aliphatic rings. The molecule has 0 radical (unpaired) electrons. The van der Waals surface area contributed by atoms with Crippen LogP contribution >= 0.6 is 0 Å². The van der Waals surface area contributed by atoms with Gasteiger partial charge in [-0.25, -0.2) is 4.68 Å². The van der Waals surface area contributed by atoms with E-state index in [1.165, 1.54) is 5.56 Å². The van der Waals surface area contributed by atoms with Crippen LogP contribution in [0, 0.1) is 11.3 Å². The monoisotopic (exact) mass is 303 g/mol. The maximum atomic E-state index is 9.20. The lowest BCUT2D eigenvalue weighted by atomic mass is 10.1. The van der Waals surface area contributed by atoms with Gasteiger partial charge in [-0.15, -0.1) is 0 Å². The van der Waals surface area contributed by atoms with Crippen molar-refractivity contribution in [1.82, 2.24) is 9.78 Å². The van der Waals surface area contributed by atoms with Gasteiger partial charge in [-0.2, -0.15) is 10.4 Å². The standard InChI is InChI=1S/C19H17N3O/c1-3-14-7-9-15(10-8-14)19-11-16(13-20)21-22(19)17-5-4-6-18(12-17)23-2/h4-12H,3H2,1-2H3. The van der Waals surface area contributed by atoms with Crippen LogP contribution in [0.5, 0.6) is 5.75 Å². The molecule has 3 aromatic rings. The van der Waals surface area contributed by atoms with E-state index in [-0.39, 0.29) is 0 Å². The highest BCUT2D eigenvalue weighted by Gasteiger charge is 2.12. The second kappa shape index (κ2) is 6.37. The molecule has 1 heterocycles. The van der Waals surface area contributed by atoms with Gasteiger partial charge in [0, 0.05) is 17.7 Å². The van der Waals surface area contributed by atoms with Gasteiger partial charge in [0.25, 0.3) is 0 Å². The van der Waals surface area contributed by atoms with E-state index < -0.39 is 0 Å². The highest BCUT2D eigenvalue weighted by molar-refractivity contribution is 5.64. The summed E-state index contributed by atoms with van der Waals surface area (Å²) in [5, 5.41) is 13.6. The van der Waals surface area contributed by atoms with Crippen LogP contribution < -0.4 is 4.74 Å². The average molecular weight is 303 g/mol. The lowest BCUT2D eigenvalue weighted by Gasteiger charge is -2.09. The third kappa shape index (κ3) is 2.95. The quantitative estimate of drug-likeness (QED) is 0.732. The normalized spacial score (nSPS) is 10.3. The Bertz CT molecular complexity index is 857. The average Bonchev–Trinajstić information content (AvgIpc) is 3.06. The molecule has 0 atom stereocenters. The van der Waals surface area contributed by atoms with Crippen molar-refractivity contribution in [2.45, 2.75) is 13.3 Å². The summed E-state index contributed by atoms with van der Waals surface area (Å²) in [6.07, 6.45) is 0.999. The van der Waals surface area contributed by atoms with E-state index in [9.17, 15) is 5.26 Å². The highest BCUT2D eigenvalue weighted by atomic mass is 16.5. The van der Waals surface area contributed by atoms with Crippen molar-refractivity contribution in [3.8, 4) is 28.8 Å². The van der Waals surface area contributed by atoms with Crippen molar-refractivity contribution in [2.24, 2.45) is 0 Å². The fourth-order valence-electron chi connectivity index (χ4n) is 2.49. The summed E-state index contributed by atoms with van der Waals surface area (Å²) in [5.74, 6) is 0.754. The Balaban J connectivity index is 2.13. The predicted octanol–water partition coefficient (Wildman–Crippen LogP) is 3.98. The molecule has 23 heavy (non-hydrogen) atoms. The molecular weight excluding hydrogens is 286 g/mol. The lowest BCUT2D eigenvalue weighted by Crippen LogP contribution is -2.00. The summed E-state index contributed by atoms with van der Waals surface area (Å²) in [6.45, 7) is 2.13. The topological polar surface area (TPSA) is 50.8 Å². The maximum absolute atomic E-state index is 9.20. The van der Waals surface area contributed by atoms with Gasteiger partial charge in [0.1, 0.15) is 11.8 Å². The second-order valence-electron chi connectivity index (χ2n) is 5.19. The highest BCUT2D eigenvalue weighted by Crippen LogP contribution is 2.26. The van der Waals surface area contributed by atoms with Gasteiger partial charge in [0.15, 0.2) is 5.69 Å². The number of aromatic nitrogens is 2. The van der Waals surface area contributed by atoms with Gasteiger partial charge in [-0.3, -0.25) is 0 Å². The number of rotatable bonds is 4. The summed E-state index contributed by atoms with van der Waals surface area (Å²) < 4.78 is 7.06. The first-order valence-electron chi connectivity index (χ1n) is 7.49. The number of hydrogen-bond donors (Lipinski definition) is 0. The molecule has 0 fully saturated rings. The SMILES string of the molecule is CCc1ccc(-c2cc(C#N)nn2-c2cccc(OC)c2)cc1. The molecule has 0 spiro atoms. The van der Waals surface area contributed by atoms with Crippen LogP contribution in [-0.4, -0.2) is 16.9 Å². The Morgan fingerprint density at radius 3 is 2.57 bits per heavy atom. The summed E-state index contributed by atoms with van der Waals surface area (Å²) in [7, 11) is 1.63. The van der Waals surface area contributed by atoms with Gasteiger partial charge in [0.2, 0.25) is 0 Å². The van der Waals surface area contributed by atoms with E-state index in [1.807, 2.05) is 24.3 Å². The molecule has 3 rings (SSSR count). The van der Waals surface area contributed by atoms with Crippen LogP contribution in [0.1, 0.15) is 18.2 Å². The smallest absolute Gasteiger partial charge is 0.163 e. The Kier molecular flexibility index (Phi) is 4.11. The van der Waals surface area contributed by atoms with Crippen LogP contribution in [-0.2, 0) is 6.42 Å². The van der Waals surface area contributed by atoms with Gasteiger partial charge in [-0.1, -0.05) is 37.3 Å². The predicted molar refractivity (Wildman–Crippen MR) is 89.6 cm³/mol. The first-order chi connectivity index (χ1) is 11.2. The number of ether oxygens (including phenoxy) is 1. The molecule has 2 aromatic carbocycles.